The number of hydrogen-bond acceptors (Lipinski definition) is 6. The van der Waals surface area contributed by atoms with Crippen LogP contribution in [0.25, 0.3) is 0 Å². The number of anilines is 2. The number of pyridine rings is 1. The Morgan fingerprint density at radius 1 is 1.03 bits per heavy atom. The van der Waals surface area contributed by atoms with Crippen LogP contribution in [0.4, 0.5) is 29.5 Å². The number of nitrogens with zero attached hydrogens (tertiary/aromatic N) is 3. The molecule has 1 aromatic heterocycles. The molecule has 1 unspecified atom stereocenters. The summed E-state index contributed by atoms with van der Waals surface area (Å²) in [6.45, 7) is 1.47. The summed E-state index contributed by atoms with van der Waals surface area (Å²) in [6, 6.07) is 13.5. The number of nitrogens with one attached hydrogen (secondary N) is 1. The quantitative estimate of drug-likeness (QED) is 0.469. The highest BCUT2D eigenvalue weighted by Gasteiger charge is 2.43. The van der Waals surface area contributed by atoms with Crippen molar-refractivity contribution in [1.82, 2.24) is 9.88 Å². The van der Waals surface area contributed by atoms with E-state index in [2.05, 4.69) is 14.4 Å². The third kappa shape index (κ3) is 5.40. The number of benzene rings is 2. The van der Waals surface area contributed by atoms with Crippen LogP contribution in [0.1, 0.15) is 12.5 Å². The lowest BCUT2D eigenvalue weighted by Crippen LogP contribution is -2.33. The smallest absolute Gasteiger partial charge is 0.406 e. The Morgan fingerprint density at radius 2 is 1.69 bits per heavy atom. The van der Waals surface area contributed by atoms with Crippen molar-refractivity contribution in [1.29, 1.82) is 0 Å². The molecule has 3 aromatic rings. The normalized spacial score (nSPS) is 16.4. The van der Waals surface area contributed by atoms with Crippen molar-refractivity contribution in [3.63, 3.8) is 0 Å². The van der Waals surface area contributed by atoms with Crippen LogP contribution in [-0.4, -0.2) is 42.6 Å². The van der Waals surface area contributed by atoms with E-state index in [1.165, 1.54) is 48.4 Å². The molecule has 2 heterocycles. The van der Waals surface area contributed by atoms with Gasteiger partial charge in [-0.25, -0.2) is 23.1 Å². The number of urea groups is 1. The predicted molar refractivity (Wildman–Crippen MR) is 122 cm³/mol. The van der Waals surface area contributed by atoms with Crippen LogP contribution in [0.15, 0.2) is 77.8 Å². The van der Waals surface area contributed by atoms with Gasteiger partial charge in [0.15, 0.2) is 0 Å². The second kappa shape index (κ2) is 9.49. The first-order valence-electron chi connectivity index (χ1n) is 10.5. The zero-order chi connectivity index (χ0) is 26.1. The molecule has 0 bridgehead atoms. The molecule has 1 aliphatic rings. The summed E-state index contributed by atoms with van der Waals surface area (Å²) in [6.07, 6.45) is -3.51. The van der Waals surface area contributed by atoms with Crippen LogP contribution in [0, 0.1) is 0 Å². The van der Waals surface area contributed by atoms with E-state index in [4.69, 9.17) is 0 Å². The maximum absolute atomic E-state index is 13.0. The van der Waals surface area contributed by atoms with Crippen LogP contribution in [-0.2, 0) is 21.4 Å². The zero-order valence-corrected chi connectivity index (χ0v) is 19.5. The highest BCUT2D eigenvalue weighted by atomic mass is 32.2. The minimum absolute atomic E-state index is 0.0269. The second-order valence-corrected chi connectivity index (χ2v) is 9.45. The van der Waals surface area contributed by atoms with E-state index in [-0.39, 0.29) is 22.9 Å². The van der Waals surface area contributed by atoms with Crippen LogP contribution in [0.3, 0.4) is 0 Å². The number of ether oxygens (including phenoxy) is 1. The number of carbonyl (C=O) groups excluding carboxylic acids is 2. The lowest BCUT2D eigenvalue weighted by atomic mass is 10.2. The summed E-state index contributed by atoms with van der Waals surface area (Å²) in [5.74, 6) is -1.03. The highest BCUT2D eigenvalue weighted by Crippen LogP contribution is 2.30. The van der Waals surface area contributed by atoms with E-state index in [0.717, 1.165) is 17.0 Å². The van der Waals surface area contributed by atoms with Gasteiger partial charge < -0.3 is 9.64 Å². The summed E-state index contributed by atoms with van der Waals surface area (Å²) in [7, 11) is -3.88. The van der Waals surface area contributed by atoms with E-state index in [9.17, 15) is 31.2 Å². The number of hydrogen-bond donors (Lipinski definition) is 1. The summed E-state index contributed by atoms with van der Waals surface area (Å²) in [4.78, 5) is 32.0. The highest BCUT2D eigenvalue weighted by molar-refractivity contribution is 7.92. The van der Waals surface area contributed by atoms with Crippen LogP contribution in [0.2, 0.25) is 0 Å². The average Bonchev–Trinajstić information content (AvgIpc) is 3.02. The molecule has 1 N–H and O–H groups in total. The van der Waals surface area contributed by atoms with Crippen molar-refractivity contribution < 1.29 is 35.9 Å². The number of amides is 3. The number of carbonyl (C=O) groups is 2. The number of rotatable bonds is 7. The molecular formula is C23H19F3N4O5S. The maximum atomic E-state index is 13.0. The van der Waals surface area contributed by atoms with Crippen molar-refractivity contribution in [2.75, 3.05) is 9.62 Å². The Balaban J connectivity index is 1.50. The van der Waals surface area contributed by atoms with Gasteiger partial charge in [0.05, 0.1) is 10.6 Å². The molecule has 3 amide bonds. The number of alkyl halides is 3. The molecule has 4 rings (SSSR count). The van der Waals surface area contributed by atoms with Crippen molar-refractivity contribution >= 4 is 33.5 Å². The topological polar surface area (TPSA) is 109 Å². The van der Waals surface area contributed by atoms with E-state index >= 15 is 0 Å². The van der Waals surface area contributed by atoms with Gasteiger partial charge in [-0.05, 0) is 61.0 Å². The number of halogens is 3. The van der Waals surface area contributed by atoms with Gasteiger partial charge in [-0.3, -0.25) is 9.52 Å². The Bertz CT molecular complexity index is 1380. The molecular weight excluding hydrogens is 501 g/mol. The maximum Gasteiger partial charge on any atom is 0.573 e. The number of aromatic nitrogens is 1. The molecule has 2 aromatic carbocycles. The Kier molecular flexibility index (Phi) is 6.59. The first kappa shape index (κ1) is 25.0. The lowest BCUT2D eigenvalue weighted by Gasteiger charge is -2.20. The van der Waals surface area contributed by atoms with Gasteiger partial charge in [0, 0.05) is 12.7 Å². The fourth-order valence-corrected chi connectivity index (χ4v) is 4.59. The molecule has 1 saturated heterocycles. The first-order chi connectivity index (χ1) is 16.9. The Morgan fingerprint density at radius 3 is 2.33 bits per heavy atom. The van der Waals surface area contributed by atoms with Crippen molar-refractivity contribution in [2.45, 2.75) is 30.8 Å². The largest absolute Gasteiger partial charge is 0.573 e. The molecule has 13 heteroatoms. The molecule has 1 fully saturated rings. The molecule has 0 radical (unpaired) electrons. The van der Waals surface area contributed by atoms with Crippen LogP contribution >= 0.6 is 0 Å². The van der Waals surface area contributed by atoms with E-state index < -0.39 is 40.1 Å². The number of sulfonamides is 1. The molecule has 1 atom stereocenters. The molecule has 9 nitrogen and oxygen atoms in total. The summed E-state index contributed by atoms with van der Waals surface area (Å²) in [5.41, 5.74) is 0.583. The standard InChI is InChI=1S/C23H19F3N4O5S/c1-15-21(31)30(17-7-9-18(10-8-17)35-23(24,25)26)22(32)29(15)14-16-11-12-27-20(13-16)28-36(33,34)19-5-3-2-4-6-19/h2-13,15H,14H2,1H3,(H,27,28). The second-order valence-electron chi connectivity index (χ2n) is 7.77. The zero-order valence-electron chi connectivity index (χ0n) is 18.6. The van der Waals surface area contributed by atoms with Crippen molar-refractivity contribution in [2.24, 2.45) is 0 Å². The SMILES string of the molecule is CC1C(=O)N(c2ccc(OC(F)(F)F)cc2)C(=O)N1Cc1ccnc(NS(=O)(=O)c2ccccc2)c1. The Hall–Kier alpha value is -4.13. The average molecular weight is 520 g/mol. The summed E-state index contributed by atoms with van der Waals surface area (Å²) in [5, 5.41) is 0. The van der Waals surface area contributed by atoms with Gasteiger partial charge in [-0.1, -0.05) is 18.2 Å². The van der Waals surface area contributed by atoms with Gasteiger partial charge in [-0.2, -0.15) is 0 Å². The van der Waals surface area contributed by atoms with Crippen LogP contribution < -0.4 is 14.4 Å². The van der Waals surface area contributed by atoms with Gasteiger partial charge in [0.2, 0.25) is 0 Å². The third-order valence-corrected chi connectivity index (χ3v) is 6.65. The molecule has 0 saturated carbocycles. The monoisotopic (exact) mass is 520 g/mol. The molecule has 1 aliphatic heterocycles. The van der Waals surface area contributed by atoms with Gasteiger partial charge >= 0.3 is 12.4 Å². The predicted octanol–water partition coefficient (Wildman–Crippen LogP) is 4.14. The van der Waals surface area contributed by atoms with E-state index in [1.54, 1.807) is 24.3 Å². The minimum Gasteiger partial charge on any atom is -0.406 e. The lowest BCUT2D eigenvalue weighted by molar-refractivity contribution is -0.274. The van der Waals surface area contributed by atoms with E-state index in [1.807, 2.05) is 0 Å². The van der Waals surface area contributed by atoms with Gasteiger partial charge in [0.25, 0.3) is 15.9 Å². The third-order valence-electron chi connectivity index (χ3n) is 5.28. The molecule has 36 heavy (non-hydrogen) atoms. The molecule has 0 aliphatic carbocycles. The molecule has 0 spiro atoms. The van der Waals surface area contributed by atoms with Gasteiger partial charge in [0.1, 0.15) is 17.6 Å². The summed E-state index contributed by atoms with van der Waals surface area (Å²) < 4.78 is 68.5. The fourth-order valence-electron chi connectivity index (χ4n) is 3.57. The van der Waals surface area contributed by atoms with E-state index in [0.29, 0.717) is 5.56 Å². The first-order valence-corrected chi connectivity index (χ1v) is 12.0. The van der Waals surface area contributed by atoms with Gasteiger partial charge in [-0.15, -0.1) is 13.2 Å². The fraction of sp³-hybridized carbons (Fsp3) is 0.174. The Labute approximate surface area is 204 Å². The summed E-state index contributed by atoms with van der Waals surface area (Å²) >= 11 is 0. The van der Waals surface area contributed by atoms with Crippen LogP contribution in [0.5, 0.6) is 5.75 Å². The minimum atomic E-state index is -4.87. The molecule has 188 valence electrons. The van der Waals surface area contributed by atoms with Crippen molar-refractivity contribution in [3.8, 4) is 5.75 Å². The van der Waals surface area contributed by atoms with Crippen molar-refractivity contribution in [3.05, 3.63) is 78.5 Å². The number of imide groups is 1.